The van der Waals surface area contributed by atoms with Gasteiger partial charge in [0.15, 0.2) is 6.29 Å². The van der Waals surface area contributed by atoms with Gasteiger partial charge in [0.05, 0.1) is 18.4 Å². The largest absolute Gasteiger partial charge is 0.481 e. The molecule has 6 heteroatoms. The third-order valence-electron chi connectivity index (χ3n) is 2.17. The van der Waals surface area contributed by atoms with E-state index >= 15 is 0 Å². The summed E-state index contributed by atoms with van der Waals surface area (Å²) in [5.41, 5.74) is 1.41. The normalized spacial score (nSPS) is 10.0. The summed E-state index contributed by atoms with van der Waals surface area (Å²) in [4.78, 5) is 22.7. The number of hydrogen-bond acceptors (Lipinski definition) is 5. The molecule has 0 aliphatic heterocycles. The van der Waals surface area contributed by atoms with Crippen molar-refractivity contribution in [2.45, 2.75) is 0 Å². The number of ether oxygens (including phenoxy) is 1. The van der Waals surface area contributed by atoms with E-state index < -0.39 is 0 Å². The fourth-order valence-electron chi connectivity index (χ4n) is 1.38. The predicted molar refractivity (Wildman–Crippen MR) is 62.2 cm³/mol. The highest BCUT2D eigenvalue weighted by atomic mass is 35.5. The fraction of sp³-hybridized carbons (Fsp3) is 0.0909. The maximum Gasteiger partial charge on any atom is 0.213 e. The summed E-state index contributed by atoms with van der Waals surface area (Å²) in [6.07, 6.45) is 3.50. The first kappa shape index (κ1) is 11.5. The summed E-state index contributed by atoms with van der Waals surface area (Å²) >= 11 is 5.82. The first-order valence-electron chi connectivity index (χ1n) is 4.72. The molecule has 0 aromatic carbocycles. The van der Waals surface area contributed by atoms with E-state index in [0.29, 0.717) is 23.4 Å². The molecule has 0 spiro atoms. The van der Waals surface area contributed by atoms with Crippen LogP contribution in [0.1, 0.15) is 10.4 Å². The van der Waals surface area contributed by atoms with Crippen LogP contribution in [0.2, 0.25) is 5.15 Å². The van der Waals surface area contributed by atoms with Gasteiger partial charge in [0.25, 0.3) is 0 Å². The molecule has 0 saturated carbocycles. The Bertz CT molecular complexity index is 560. The molecule has 0 bridgehead atoms. The van der Waals surface area contributed by atoms with E-state index in [0.717, 1.165) is 0 Å². The van der Waals surface area contributed by atoms with Gasteiger partial charge in [-0.3, -0.25) is 4.79 Å². The van der Waals surface area contributed by atoms with E-state index in [-0.39, 0.29) is 10.7 Å². The fourth-order valence-corrected chi connectivity index (χ4v) is 1.55. The summed E-state index contributed by atoms with van der Waals surface area (Å²) in [6, 6.07) is 3.39. The third kappa shape index (κ3) is 2.24. The first-order valence-corrected chi connectivity index (χ1v) is 5.10. The van der Waals surface area contributed by atoms with Crippen LogP contribution in [0.15, 0.2) is 24.7 Å². The molecule has 0 unspecified atom stereocenters. The second kappa shape index (κ2) is 4.88. The average Bonchev–Trinajstić information content (AvgIpc) is 2.38. The number of rotatable bonds is 3. The van der Waals surface area contributed by atoms with Crippen molar-refractivity contribution in [1.82, 2.24) is 15.0 Å². The first-order chi connectivity index (χ1) is 8.26. The van der Waals surface area contributed by atoms with E-state index in [1.807, 2.05) is 0 Å². The molecule has 0 N–H and O–H groups in total. The number of aromatic nitrogens is 3. The second-order valence-electron chi connectivity index (χ2n) is 3.13. The lowest BCUT2D eigenvalue weighted by Crippen LogP contribution is -1.96. The quantitative estimate of drug-likeness (QED) is 0.615. The zero-order valence-corrected chi connectivity index (χ0v) is 9.68. The van der Waals surface area contributed by atoms with Crippen molar-refractivity contribution in [2.75, 3.05) is 7.11 Å². The van der Waals surface area contributed by atoms with Gasteiger partial charge in [0.1, 0.15) is 11.5 Å². The van der Waals surface area contributed by atoms with Crippen molar-refractivity contribution in [3.63, 3.8) is 0 Å². The Balaban J connectivity index is 2.59. The van der Waals surface area contributed by atoms with Crippen LogP contribution in [0.3, 0.4) is 0 Å². The molecule has 5 nitrogen and oxygen atoms in total. The monoisotopic (exact) mass is 249 g/mol. The van der Waals surface area contributed by atoms with Gasteiger partial charge in [0.2, 0.25) is 5.88 Å². The van der Waals surface area contributed by atoms with Crippen molar-refractivity contribution >= 4 is 17.9 Å². The minimum Gasteiger partial charge on any atom is -0.481 e. The van der Waals surface area contributed by atoms with Crippen molar-refractivity contribution in [3.8, 4) is 17.1 Å². The topological polar surface area (TPSA) is 65.0 Å². The number of carbonyl (C=O) groups excluding carboxylic acids is 1. The van der Waals surface area contributed by atoms with Crippen LogP contribution >= 0.6 is 11.6 Å². The Labute approximate surface area is 102 Å². The smallest absolute Gasteiger partial charge is 0.213 e. The molecule has 0 fully saturated rings. The Hall–Kier alpha value is -2.01. The maximum atomic E-state index is 11.0. The SMILES string of the molecule is COc1cc(-c2ncnc(Cl)c2C=O)ccn1. The maximum absolute atomic E-state index is 11.0. The summed E-state index contributed by atoms with van der Waals surface area (Å²) < 4.78 is 5.00. The molecule has 0 aliphatic rings. The average molecular weight is 250 g/mol. The van der Waals surface area contributed by atoms with Crippen molar-refractivity contribution in [2.24, 2.45) is 0 Å². The van der Waals surface area contributed by atoms with Crippen molar-refractivity contribution < 1.29 is 9.53 Å². The Morgan fingerprint density at radius 1 is 1.35 bits per heavy atom. The van der Waals surface area contributed by atoms with E-state index in [1.54, 1.807) is 18.3 Å². The van der Waals surface area contributed by atoms with Crippen LogP contribution in [0.25, 0.3) is 11.3 Å². The van der Waals surface area contributed by atoms with Crippen LogP contribution in [0, 0.1) is 0 Å². The lowest BCUT2D eigenvalue weighted by molar-refractivity contribution is 0.112. The standard InChI is InChI=1S/C11H8ClN3O2/c1-17-9-4-7(2-3-13-9)10-8(5-16)11(12)15-6-14-10/h2-6H,1H3. The van der Waals surface area contributed by atoms with Gasteiger partial charge in [-0.2, -0.15) is 0 Å². The van der Waals surface area contributed by atoms with E-state index in [1.165, 1.54) is 13.4 Å². The van der Waals surface area contributed by atoms with Gasteiger partial charge < -0.3 is 4.74 Å². The summed E-state index contributed by atoms with van der Waals surface area (Å²) in [5.74, 6) is 0.439. The molecule has 0 radical (unpaired) electrons. The highest BCUT2D eigenvalue weighted by molar-refractivity contribution is 6.32. The van der Waals surface area contributed by atoms with Gasteiger partial charge in [-0.1, -0.05) is 11.6 Å². The number of hydrogen-bond donors (Lipinski definition) is 0. The highest BCUT2D eigenvalue weighted by Gasteiger charge is 2.11. The van der Waals surface area contributed by atoms with Crippen LogP contribution in [-0.4, -0.2) is 28.3 Å². The predicted octanol–water partition coefficient (Wildman–Crippen LogP) is 2.01. The van der Waals surface area contributed by atoms with Crippen molar-refractivity contribution in [3.05, 3.63) is 35.4 Å². The van der Waals surface area contributed by atoms with Gasteiger partial charge in [0, 0.05) is 17.8 Å². The van der Waals surface area contributed by atoms with Crippen LogP contribution in [0.4, 0.5) is 0 Å². The molecule has 2 aromatic rings. The molecule has 0 saturated heterocycles. The minimum absolute atomic E-state index is 0.126. The lowest BCUT2D eigenvalue weighted by Gasteiger charge is -2.05. The zero-order valence-electron chi connectivity index (χ0n) is 8.92. The van der Waals surface area contributed by atoms with Crippen LogP contribution < -0.4 is 4.74 Å². The number of carbonyl (C=O) groups is 1. The van der Waals surface area contributed by atoms with Gasteiger partial charge in [-0.15, -0.1) is 0 Å². The molecule has 2 aromatic heterocycles. The van der Waals surface area contributed by atoms with Gasteiger partial charge >= 0.3 is 0 Å². The highest BCUT2D eigenvalue weighted by Crippen LogP contribution is 2.25. The summed E-state index contributed by atoms with van der Waals surface area (Å²) in [6.45, 7) is 0. The molecule has 2 heterocycles. The van der Waals surface area contributed by atoms with Gasteiger partial charge in [-0.25, -0.2) is 15.0 Å². The number of aldehydes is 1. The molecule has 0 atom stereocenters. The molecule has 86 valence electrons. The van der Waals surface area contributed by atoms with Crippen LogP contribution in [-0.2, 0) is 0 Å². The Morgan fingerprint density at radius 2 is 2.18 bits per heavy atom. The minimum atomic E-state index is 0.126. The molecular formula is C11H8ClN3O2. The lowest BCUT2D eigenvalue weighted by atomic mass is 10.1. The Morgan fingerprint density at radius 3 is 2.88 bits per heavy atom. The molecule has 17 heavy (non-hydrogen) atoms. The number of nitrogens with zero attached hydrogens (tertiary/aromatic N) is 3. The number of halogens is 1. The van der Waals surface area contributed by atoms with E-state index in [9.17, 15) is 4.79 Å². The molecule has 0 amide bonds. The number of pyridine rings is 1. The second-order valence-corrected chi connectivity index (χ2v) is 3.49. The summed E-state index contributed by atoms with van der Waals surface area (Å²) in [5, 5.41) is 0.126. The zero-order chi connectivity index (χ0) is 12.3. The van der Waals surface area contributed by atoms with E-state index in [4.69, 9.17) is 16.3 Å². The van der Waals surface area contributed by atoms with E-state index in [2.05, 4.69) is 15.0 Å². The molecular weight excluding hydrogens is 242 g/mol. The van der Waals surface area contributed by atoms with Gasteiger partial charge in [-0.05, 0) is 6.07 Å². The Kier molecular flexibility index (Phi) is 3.30. The number of methoxy groups -OCH3 is 1. The molecule has 2 rings (SSSR count). The van der Waals surface area contributed by atoms with Crippen LogP contribution in [0.5, 0.6) is 5.88 Å². The van der Waals surface area contributed by atoms with Crippen molar-refractivity contribution in [1.29, 1.82) is 0 Å². The summed E-state index contributed by atoms with van der Waals surface area (Å²) in [7, 11) is 1.51. The third-order valence-corrected chi connectivity index (χ3v) is 2.47. The molecule has 0 aliphatic carbocycles.